The van der Waals surface area contributed by atoms with Crippen LogP contribution in [0.15, 0.2) is 87.7 Å². The normalized spacial score (nSPS) is 11.4. The van der Waals surface area contributed by atoms with E-state index in [1.165, 1.54) is 22.7 Å². The monoisotopic (exact) mass is 476 g/mol. The van der Waals surface area contributed by atoms with Crippen molar-refractivity contribution in [3.8, 4) is 0 Å². The van der Waals surface area contributed by atoms with Crippen molar-refractivity contribution >= 4 is 65.4 Å². The van der Waals surface area contributed by atoms with Gasteiger partial charge in [0, 0.05) is 25.2 Å². The second kappa shape index (κ2) is 10.7. The third kappa shape index (κ3) is 6.15. The van der Waals surface area contributed by atoms with Crippen LogP contribution in [-0.4, -0.2) is 24.6 Å². The van der Waals surface area contributed by atoms with E-state index in [1.54, 1.807) is 0 Å². The summed E-state index contributed by atoms with van der Waals surface area (Å²) in [4.78, 5) is 16.4. The van der Waals surface area contributed by atoms with E-state index in [1.807, 2.05) is 61.6 Å². The van der Waals surface area contributed by atoms with Gasteiger partial charge in [-0.1, -0.05) is 41.4 Å². The average molecular weight is 477 g/mol. The molecule has 4 aromatic rings. The molecule has 166 valence electrons. The Bertz CT molecular complexity index is 1280. The van der Waals surface area contributed by atoms with Crippen molar-refractivity contribution in [1.82, 2.24) is 4.98 Å². The summed E-state index contributed by atoms with van der Waals surface area (Å²) in [6, 6.07) is 17.3. The van der Waals surface area contributed by atoms with Crippen molar-refractivity contribution in [3.63, 3.8) is 0 Å². The summed E-state index contributed by atoms with van der Waals surface area (Å²) in [5.74, 6) is -0.416. The third-order valence-electron chi connectivity index (χ3n) is 4.47. The summed E-state index contributed by atoms with van der Waals surface area (Å²) in [7, 11) is 1.87. The summed E-state index contributed by atoms with van der Waals surface area (Å²) in [6.07, 6.45) is 1.79. The van der Waals surface area contributed by atoms with E-state index in [-0.39, 0.29) is 0 Å². The predicted octanol–water partition coefficient (Wildman–Crippen LogP) is 7.50. The zero-order valence-electron chi connectivity index (χ0n) is 17.8. The van der Waals surface area contributed by atoms with Crippen molar-refractivity contribution in [1.29, 1.82) is 0 Å². The van der Waals surface area contributed by atoms with Crippen molar-refractivity contribution in [3.05, 3.63) is 72.8 Å². The maximum absolute atomic E-state index is 11.1. The topological polar surface area (TPSA) is 101 Å². The first kappa shape index (κ1) is 22.4. The Kier molecular flexibility index (Phi) is 7.28. The number of nitrogens with one attached hydrogen (secondary N) is 1. The van der Waals surface area contributed by atoms with Crippen LogP contribution < -0.4 is 5.32 Å². The van der Waals surface area contributed by atoms with E-state index in [0.29, 0.717) is 18.2 Å². The number of carbonyl (C=O) groups excluding carboxylic acids is 1. The third-order valence-corrected chi connectivity index (χ3v) is 6.40. The molecule has 0 unspecified atom stereocenters. The number of hydrogen-bond acceptors (Lipinski definition) is 10. The Morgan fingerprint density at radius 3 is 2.39 bits per heavy atom. The highest BCUT2D eigenvalue weighted by atomic mass is 32.1. The van der Waals surface area contributed by atoms with Crippen molar-refractivity contribution in [2.75, 3.05) is 19.0 Å². The zero-order chi connectivity index (χ0) is 23.0. The largest absolute Gasteiger partial charge is 0.462 e. The van der Waals surface area contributed by atoms with Crippen LogP contribution in [0.4, 0.5) is 27.2 Å². The Hall–Kier alpha value is -3.76. The molecule has 0 fully saturated rings. The first-order valence-electron chi connectivity index (χ1n) is 10.0. The van der Waals surface area contributed by atoms with Gasteiger partial charge in [-0.15, -0.1) is 20.5 Å². The van der Waals surface area contributed by atoms with Crippen molar-refractivity contribution in [2.24, 2.45) is 20.5 Å². The second-order valence-corrected chi connectivity index (χ2v) is 8.75. The highest BCUT2D eigenvalue weighted by molar-refractivity contribution is 7.30. The Labute approximate surface area is 198 Å². The maximum Gasteiger partial charge on any atom is 0.330 e. The molecule has 4 rings (SSSR count). The molecule has 0 saturated heterocycles. The van der Waals surface area contributed by atoms with Gasteiger partial charge < -0.3 is 10.1 Å². The molecule has 10 heteroatoms. The molecule has 2 aromatic heterocycles. The van der Waals surface area contributed by atoms with Crippen LogP contribution in [-0.2, 0) is 16.0 Å². The van der Waals surface area contributed by atoms with Crippen LogP contribution in [0, 0.1) is 0 Å². The summed E-state index contributed by atoms with van der Waals surface area (Å²) in [6.45, 7) is 3.69. The van der Waals surface area contributed by atoms with E-state index in [9.17, 15) is 4.79 Å². The molecule has 2 aromatic carbocycles. The molecule has 0 bridgehead atoms. The maximum atomic E-state index is 11.1. The van der Waals surface area contributed by atoms with Crippen LogP contribution in [0.5, 0.6) is 0 Å². The lowest BCUT2D eigenvalue weighted by Gasteiger charge is -2.02. The first-order valence-corrected chi connectivity index (χ1v) is 11.7. The summed E-state index contributed by atoms with van der Waals surface area (Å²) < 4.78 is 5.99. The van der Waals surface area contributed by atoms with E-state index < -0.39 is 5.97 Å². The van der Waals surface area contributed by atoms with Gasteiger partial charge in [0.1, 0.15) is 9.83 Å². The fraction of sp³-hybridized carbons (Fsp3) is 0.130. The van der Waals surface area contributed by atoms with Crippen LogP contribution in [0.25, 0.3) is 9.53 Å². The number of ether oxygens (including phenoxy) is 1. The van der Waals surface area contributed by atoms with Gasteiger partial charge in [0.15, 0.2) is 0 Å². The number of fused-ring (bicyclic) bond motifs is 1. The van der Waals surface area contributed by atoms with E-state index in [0.717, 1.165) is 43.2 Å². The number of nitrogens with zero attached hydrogens (tertiary/aromatic N) is 5. The number of thiazole rings is 1. The van der Waals surface area contributed by atoms with Crippen molar-refractivity contribution in [2.45, 2.75) is 6.42 Å². The lowest BCUT2D eigenvalue weighted by atomic mass is 10.1. The second-order valence-electron chi connectivity index (χ2n) is 6.74. The van der Waals surface area contributed by atoms with Gasteiger partial charge in [0.25, 0.3) is 0 Å². The predicted molar refractivity (Wildman–Crippen MR) is 133 cm³/mol. The number of anilines is 1. The summed E-state index contributed by atoms with van der Waals surface area (Å²) >= 11 is 2.92. The molecule has 33 heavy (non-hydrogen) atoms. The van der Waals surface area contributed by atoms with Crippen LogP contribution in [0.1, 0.15) is 5.56 Å². The highest BCUT2D eigenvalue weighted by Gasteiger charge is 2.08. The first-order chi connectivity index (χ1) is 16.1. The molecule has 0 aliphatic carbocycles. The lowest BCUT2D eigenvalue weighted by Crippen LogP contribution is -2.04. The number of benzene rings is 2. The van der Waals surface area contributed by atoms with Gasteiger partial charge in [0.05, 0.1) is 22.7 Å². The SMILES string of the molecule is C=CC(=O)OCCc1ccc(N=Nc2cc3sc(N=Nc4ccc(NC)cc4)nc3s2)cc1. The molecule has 0 radical (unpaired) electrons. The fourth-order valence-electron chi connectivity index (χ4n) is 2.76. The van der Waals surface area contributed by atoms with E-state index >= 15 is 0 Å². The zero-order valence-corrected chi connectivity index (χ0v) is 19.4. The van der Waals surface area contributed by atoms with Crippen molar-refractivity contribution < 1.29 is 9.53 Å². The van der Waals surface area contributed by atoms with E-state index in [2.05, 4.69) is 37.3 Å². The fourth-order valence-corrected chi connectivity index (χ4v) is 4.61. The lowest BCUT2D eigenvalue weighted by molar-refractivity contribution is -0.137. The molecule has 1 N–H and O–H groups in total. The summed E-state index contributed by atoms with van der Waals surface area (Å²) in [5.41, 5.74) is 3.58. The Morgan fingerprint density at radius 2 is 1.73 bits per heavy atom. The molecule has 8 nitrogen and oxygen atoms in total. The van der Waals surface area contributed by atoms with Gasteiger partial charge in [-0.25, -0.2) is 9.78 Å². The Balaban J connectivity index is 1.35. The molecule has 0 atom stereocenters. The molecular formula is C23H20N6O2S2. The van der Waals surface area contributed by atoms with Gasteiger partial charge in [-0.3, -0.25) is 0 Å². The van der Waals surface area contributed by atoms with Gasteiger partial charge in [-0.2, -0.15) is 0 Å². The molecule has 2 heterocycles. The molecular weight excluding hydrogens is 456 g/mol. The number of azo groups is 2. The minimum atomic E-state index is -0.416. The van der Waals surface area contributed by atoms with Crippen LogP contribution >= 0.6 is 22.7 Å². The quantitative estimate of drug-likeness (QED) is 0.153. The van der Waals surface area contributed by atoms with Gasteiger partial charge in [0.2, 0.25) is 5.13 Å². The van der Waals surface area contributed by atoms with Gasteiger partial charge >= 0.3 is 5.97 Å². The number of carbonyl (C=O) groups is 1. The smallest absolute Gasteiger partial charge is 0.330 e. The number of aromatic nitrogens is 1. The molecule has 0 aliphatic heterocycles. The molecule has 0 aliphatic rings. The van der Waals surface area contributed by atoms with Gasteiger partial charge in [-0.05, 0) is 48.0 Å². The van der Waals surface area contributed by atoms with Crippen LogP contribution in [0.2, 0.25) is 0 Å². The number of thiophene rings is 1. The van der Waals surface area contributed by atoms with Crippen LogP contribution in [0.3, 0.4) is 0 Å². The molecule has 0 saturated carbocycles. The molecule has 0 spiro atoms. The standard InChI is InChI=1S/C23H20N6O2S2/c1-3-21(30)31-13-12-15-4-6-17(7-5-15)26-28-20-14-19-22(33-20)25-23(32-19)29-27-18-10-8-16(24-2)9-11-18/h3-11,14,24H,1,12-13H2,2H3. The van der Waals surface area contributed by atoms with E-state index in [4.69, 9.17) is 4.74 Å². The minimum Gasteiger partial charge on any atom is -0.462 e. The Morgan fingerprint density at radius 1 is 1.03 bits per heavy atom. The molecule has 0 amide bonds. The number of hydrogen-bond donors (Lipinski definition) is 1. The highest BCUT2D eigenvalue weighted by Crippen LogP contribution is 2.39. The average Bonchev–Trinajstić information content (AvgIpc) is 3.41. The number of esters is 1. The number of rotatable bonds is 9. The minimum absolute atomic E-state index is 0.314. The summed E-state index contributed by atoms with van der Waals surface area (Å²) in [5, 5.41) is 21.5.